The van der Waals surface area contributed by atoms with Crippen LogP contribution in [0.2, 0.25) is 0 Å². The molecule has 330 valence electrons. The van der Waals surface area contributed by atoms with Crippen molar-refractivity contribution in [2.75, 3.05) is 0 Å². The normalized spacial score (nSPS) is 28.5. The van der Waals surface area contributed by atoms with Gasteiger partial charge in [-0.3, -0.25) is 4.90 Å². The Morgan fingerprint density at radius 2 is 0.968 bits per heavy atom. The van der Waals surface area contributed by atoms with Gasteiger partial charge in [0.25, 0.3) is 0 Å². The van der Waals surface area contributed by atoms with Gasteiger partial charge in [-0.1, -0.05) is 228 Å². The number of hydrogen-bond acceptors (Lipinski definition) is 1. The molecule has 7 unspecified atom stereocenters. The molecule has 7 atom stereocenters. The molecule has 0 radical (unpaired) electrons. The second-order valence-corrected chi connectivity index (χ2v) is 19.4. The first-order valence-corrected chi connectivity index (χ1v) is 24.0. The molecule has 0 saturated heterocycles. The van der Waals surface area contributed by atoms with Crippen molar-refractivity contribution >= 4 is 6.09 Å². The molecule has 5 aromatic rings. The minimum Gasteiger partial charge on any atom is -0.465 e. The smallest absolute Gasteiger partial charge is 0.408 e. The van der Waals surface area contributed by atoms with E-state index in [4.69, 9.17) is 0 Å². The molecule has 1 amide bonds. The van der Waals surface area contributed by atoms with Gasteiger partial charge in [0.2, 0.25) is 0 Å². The van der Waals surface area contributed by atoms with Gasteiger partial charge in [-0.05, 0) is 90.7 Å². The summed E-state index contributed by atoms with van der Waals surface area (Å²) in [6.07, 6.45) is 5.37. The van der Waals surface area contributed by atoms with Crippen molar-refractivity contribution in [3.05, 3.63) is 179 Å². The number of nitrogens with zero attached hydrogens (tertiary/aromatic N) is 1. The summed E-state index contributed by atoms with van der Waals surface area (Å²) in [4.78, 5) is 18.2. The van der Waals surface area contributed by atoms with Gasteiger partial charge >= 0.3 is 6.09 Å². The highest BCUT2D eigenvalue weighted by Gasteiger charge is 2.85. The average Bonchev–Trinajstić information content (AvgIpc) is 3.32. The molecule has 3 heteroatoms. The first-order chi connectivity index (χ1) is 29.7. The van der Waals surface area contributed by atoms with Gasteiger partial charge < -0.3 is 5.11 Å². The molecule has 1 N–H and O–H groups in total. The van der Waals surface area contributed by atoms with Crippen LogP contribution in [-0.4, -0.2) is 21.6 Å². The predicted molar refractivity (Wildman–Crippen MR) is 262 cm³/mol. The highest BCUT2D eigenvalue weighted by atomic mass is 16.4. The van der Waals surface area contributed by atoms with E-state index in [9.17, 15) is 5.11 Å². The molecule has 0 heterocycles. The molecule has 62 heavy (non-hydrogen) atoms. The van der Waals surface area contributed by atoms with Crippen LogP contribution in [0.25, 0.3) is 0 Å². The van der Waals surface area contributed by atoms with Crippen LogP contribution in [0.4, 0.5) is 4.79 Å². The van der Waals surface area contributed by atoms with E-state index in [0.29, 0.717) is 12.8 Å². The van der Waals surface area contributed by atoms with E-state index in [1.807, 2.05) is 0 Å². The van der Waals surface area contributed by atoms with E-state index in [2.05, 4.69) is 234 Å². The molecule has 1 aliphatic rings. The van der Waals surface area contributed by atoms with E-state index in [0.717, 1.165) is 44.1 Å². The van der Waals surface area contributed by atoms with E-state index < -0.39 is 49.7 Å². The predicted octanol–water partition coefficient (Wildman–Crippen LogP) is 16.0. The van der Waals surface area contributed by atoms with Crippen molar-refractivity contribution in [2.45, 2.75) is 167 Å². The average molecular weight is 832 g/mol. The number of aryl methyl sites for hydroxylation is 1. The molecule has 3 nitrogen and oxygen atoms in total. The first kappa shape index (κ1) is 46.9. The summed E-state index contributed by atoms with van der Waals surface area (Å²) in [7, 11) is 0. The fraction of sp³-hybridized carbons (Fsp3) is 0.475. The molecule has 1 aliphatic carbocycles. The van der Waals surface area contributed by atoms with Crippen LogP contribution in [0.5, 0.6) is 0 Å². The summed E-state index contributed by atoms with van der Waals surface area (Å²) in [6.45, 7) is 28.8. The summed E-state index contributed by atoms with van der Waals surface area (Å²) in [5, 5.41) is 13.1. The molecular formula is C59H77NO2. The summed E-state index contributed by atoms with van der Waals surface area (Å²) >= 11 is 0. The van der Waals surface area contributed by atoms with Gasteiger partial charge in [0.15, 0.2) is 0 Å². The second-order valence-electron chi connectivity index (χ2n) is 19.4. The van der Waals surface area contributed by atoms with Crippen LogP contribution < -0.4 is 0 Å². The number of rotatable bonds is 16. The van der Waals surface area contributed by atoms with Crippen LogP contribution in [-0.2, 0) is 27.2 Å². The summed E-state index contributed by atoms with van der Waals surface area (Å²) in [6, 6.07) is 53.6. The van der Waals surface area contributed by atoms with Gasteiger partial charge in [-0.25, -0.2) is 4.79 Å². The Morgan fingerprint density at radius 1 is 0.532 bits per heavy atom. The van der Waals surface area contributed by atoms with Crippen LogP contribution >= 0.6 is 0 Å². The van der Waals surface area contributed by atoms with E-state index in [-0.39, 0.29) is 0 Å². The number of benzene rings is 5. The molecule has 0 aliphatic heterocycles. The van der Waals surface area contributed by atoms with Crippen LogP contribution in [0, 0.1) is 17.8 Å². The highest BCUT2D eigenvalue weighted by molar-refractivity contribution is 5.72. The zero-order valence-corrected chi connectivity index (χ0v) is 40.3. The molecular weight excluding hydrogens is 755 g/mol. The third kappa shape index (κ3) is 5.71. The fourth-order valence-electron chi connectivity index (χ4n) is 15.8. The van der Waals surface area contributed by atoms with Gasteiger partial charge in [0.05, 0.1) is 11.1 Å². The first-order valence-electron chi connectivity index (χ1n) is 24.0. The lowest BCUT2D eigenvalue weighted by Crippen LogP contribution is -2.89. The van der Waals surface area contributed by atoms with Crippen molar-refractivity contribution in [1.82, 2.24) is 4.90 Å². The minimum absolute atomic E-state index is 0.464. The lowest BCUT2D eigenvalue weighted by molar-refractivity contribution is -0.266. The third-order valence-electron chi connectivity index (χ3n) is 18.6. The zero-order chi connectivity index (χ0) is 45.2. The quantitative estimate of drug-likeness (QED) is 0.108. The lowest BCUT2D eigenvalue weighted by Gasteiger charge is -2.83. The van der Waals surface area contributed by atoms with Crippen molar-refractivity contribution in [3.8, 4) is 0 Å². The Morgan fingerprint density at radius 3 is 1.37 bits per heavy atom. The number of hydrogen-bond donors (Lipinski definition) is 1. The summed E-state index contributed by atoms with van der Waals surface area (Å²) in [5.41, 5.74) is 1.64. The number of amides is 1. The second kappa shape index (κ2) is 17.5. The van der Waals surface area contributed by atoms with E-state index in [1.165, 1.54) is 27.8 Å². The molecule has 1 fully saturated rings. The molecule has 0 bridgehead atoms. The maximum Gasteiger partial charge on any atom is 0.408 e. The van der Waals surface area contributed by atoms with Gasteiger partial charge in [0, 0.05) is 27.1 Å². The monoisotopic (exact) mass is 832 g/mol. The van der Waals surface area contributed by atoms with Gasteiger partial charge in [0.1, 0.15) is 0 Å². The van der Waals surface area contributed by atoms with Gasteiger partial charge in [-0.2, -0.15) is 0 Å². The van der Waals surface area contributed by atoms with Crippen molar-refractivity contribution in [1.29, 1.82) is 0 Å². The van der Waals surface area contributed by atoms with Crippen molar-refractivity contribution in [3.63, 3.8) is 0 Å². The highest BCUT2D eigenvalue weighted by Crippen LogP contribution is 2.82. The van der Waals surface area contributed by atoms with E-state index >= 15 is 4.79 Å². The summed E-state index contributed by atoms with van der Waals surface area (Å²) < 4.78 is 0. The number of carboxylic acid groups (broad SMARTS) is 1. The van der Waals surface area contributed by atoms with Crippen molar-refractivity contribution in [2.24, 2.45) is 10.8 Å². The fourth-order valence-corrected chi connectivity index (χ4v) is 15.8. The topological polar surface area (TPSA) is 40.5 Å². The zero-order valence-electron chi connectivity index (χ0n) is 40.3. The lowest BCUT2D eigenvalue weighted by atomic mass is 9.23. The SMILES string of the molecule is CCCC1(c2ccccc2)C(C)(CC)C(C)(c2ccccc2)C(CC)(N(C(=O)O)C(CC)(c2ccccc2)C(CC)(CC)c2ccccc2C)C(C)(CC)C1(C)c1ccccc1. The Bertz CT molecular complexity index is 2250. The molecule has 6 rings (SSSR count). The minimum atomic E-state index is -1.02. The standard InChI is InChI=1S/C59H77NO2/c1-13-44-57(48-39-28-22-29-40-48)52(9,14-2)55(12,47-37-26-21-27-38-47)59(19-7,53(10,15-3)54(57,11)46-35-24-20-25-36-46)60(51(61)62)58(18-6,49-41-30-23-31-42-49)56(16-4,17-5)50-43-33-32-34-45(50)8/h20-43H,13-19,44H2,1-12H3,(H,61,62). The molecule has 1 saturated carbocycles. The van der Waals surface area contributed by atoms with Crippen molar-refractivity contribution < 1.29 is 9.90 Å². The molecule has 5 aromatic carbocycles. The van der Waals surface area contributed by atoms with Crippen LogP contribution in [0.15, 0.2) is 146 Å². The Hall–Kier alpha value is -4.63. The van der Waals surface area contributed by atoms with E-state index in [1.54, 1.807) is 0 Å². The number of carbonyl (C=O) groups is 1. The Balaban J connectivity index is 2.03. The van der Waals surface area contributed by atoms with Gasteiger partial charge in [-0.15, -0.1) is 0 Å². The largest absolute Gasteiger partial charge is 0.465 e. The van der Waals surface area contributed by atoms with Crippen LogP contribution in [0.3, 0.4) is 0 Å². The Kier molecular flexibility index (Phi) is 13.2. The maximum atomic E-state index is 16.0. The molecule has 0 spiro atoms. The molecule has 0 aromatic heterocycles. The van der Waals surface area contributed by atoms with Crippen LogP contribution in [0.1, 0.15) is 161 Å². The maximum absolute atomic E-state index is 16.0. The third-order valence-corrected chi connectivity index (χ3v) is 18.6. The summed E-state index contributed by atoms with van der Waals surface area (Å²) in [5.74, 6) is 0. The Labute approximate surface area is 376 Å².